The number of likely N-dealkylation sites (tertiary alicyclic amines) is 1. The molecule has 0 aliphatic carbocycles. The molecule has 6 nitrogen and oxygen atoms in total. The first kappa shape index (κ1) is 21.6. The summed E-state index contributed by atoms with van der Waals surface area (Å²) in [5.41, 5.74) is 1.18. The number of halogens is 1. The number of amides is 1. The molecule has 2 N–H and O–H groups in total. The van der Waals surface area contributed by atoms with Crippen molar-refractivity contribution < 1.29 is 23.8 Å². The smallest absolute Gasteiger partial charge is 0.217 e. The van der Waals surface area contributed by atoms with E-state index in [1.54, 1.807) is 12.1 Å². The van der Waals surface area contributed by atoms with E-state index in [1.807, 2.05) is 18.2 Å². The standard InChI is InChI=1S/C24H29FN2O4/c1-17(28)26-24(19-4-6-20(25)7-5-19)9-11-27(12-10-24)16-21(29)18-3-8-22-23(15-18)31-14-2-13-30-22/h3-8,15,21,29H,2,9-14,16H2,1H3,(H,26,28). The number of nitrogens with zero attached hydrogens (tertiary/aromatic N) is 1. The molecule has 1 fully saturated rings. The van der Waals surface area contributed by atoms with Crippen molar-refractivity contribution in [3.63, 3.8) is 0 Å². The highest BCUT2D eigenvalue weighted by molar-refractivity contribution is 5.74. The van der Waals surface area contributed by atoms with Crippen LogP contribution in [0.25, 0.3) is 0 Å². The number of aliphatic hydroxyl groups is 1. The zero-order valence-corrected chi connectivity index (χ0v) is 17.8. The number of hydrogen-bond acceptors (Lipinski definition) is 5. The van der Waals surface area contributed by atoms with E-state index in [1.165, 1.54) is 19.1 Å². The van der Waals surface area contributed by atoms with Crippen LogP contribution in [0.4, 0.5) is 4.39 Å². The highest BCUT2D eigenvalue weighted by Gasteiger charge is 2.37. The number of fused-ring (bicyclic) bond motifs is 1. The third-order valence-corrected chi connectivity index (χ3v) is 6.11. The minimum absolute atomic E-state index is 0.106. The lowest BCUT2D eigenvalue weighted by Crippen LogP contribution is -2.53. The third-order valence-electron chi connectivity index (χ3n) is 6.11. The molecule has 2 heterocycles. The Morgan fingerprint density at radius 2 is 1.81 bits per heavy atom. The van der Waals surface area contributed by atoms with Gasteiger partial charge in [0, 0.05) is 33.0 Å². The maximum atomic E-state index is 13.4. The molecule has 1 saturated heterocycles. The fourth-order valence-electron chi connectivity index (χ4n) is 4.45. The summed E-state index contributed by atoms with van der Waals surface area (Å²) in [7, 11) is 0. The van der Waals surface area contributed by atoms with Crippen LogP contribution in [-0.4, -0.2) is 48.8 Å². The summed E-state index contributed by atoms with van der Waals surface area (Å²) in [6.07, 6.45) is 1.55. The normalized spacial score (nSPS) is 19.3. The number of ether oxygens (including phenoxy) is 2. The lowest BCUT2D eigenvalue weighted by molar-refractivity contribution is -0.121. The minimum atomic E-state index is -0.656. The predicted octanol–water partition coefficient (Wildman–Crippen LogP) is 3.15. The van der Waals surface area contributed by atoms with Gasteiger partial charge in [0.15, 0.2) is 11.5 Å². The SMILES string of the molecule is CC(=O)NC1(c2ccc(F)cc2)CCN(CC(O)c2ccc3c(c2)OCCCO3)CC1. The van der Waals surface area contributed by atoms with Gasteiger partial charge >= 0.3 is 0 Å². The third kappa shape index (κ3) is 4.99. The zero-order chi connectivity index (χ0) is 21.8. The van der Waals surface area contributed by atoms with Gasteiger partial charge in [-0.2, -0.15) is 0 Å². The van der Waals surface area contributed by atoms with E-state index < -0.39 is 11.6 Å². The van der Waals surface area contributed by atoms with Crippen molar-refractivity contribution in [3.8, 4) is 11.5 Å². The fourth-order valence-corrected chi connectivity index (χ4v) is 4.45. The molecular formula is C24H29FN2O4. The molecule has 1 amide bonds. The van der Waals surface area contributed by atoms with E-state index in [9.17, 15) is 14.3 Å². The van der Waals surface area contributed by atoms with Gasteiger partial charge in [-0.25, -0.2) is 4.39 Å². The predicted molar refractivity (Wildman–Crippen MR) is 115 cm³/mol. The van der Waals surface area contributed by atoms with Crippen LogP contribution in [0.1, 0.15) is 43.4 Å². The number of rotatable bonds is 5. The van der Waals surface area contributed by atoms with Crippen molar-refractivity contribution >= 4 is 5.91 Å². The Kier molecular flexibility index (Phi) is 6.43. The summed E-state index contributed by atoms with van der Waals surface area (Å²) in [6, 6.07) is 11.9. The Morgan fingerprint density at radius 3 is 2.48 bits per heavy atom. The molecule has 2 aromatic rings. The average molecular weight is 429 g/mol. The lowest BCUT2D eigenvalue weighted by atomic mass is 9.80. The van der Waals surface area contributed by atoms with Gasteiger partial charge in [0.2, 0.25) is 5.91 Å². The van der Waals surface area contributed by atoms with Crippen LogP contribution in [-0.2, 0) is 10.3 Å². The summed E-state index contributed by atoms with van der Waals surface area (Å²) in [5, 5.41) is 13.9. The molecule has 0 spiro atoms. The van der Waals surface area contributed by atoms with E-state index in [0.717, 1.165) is 17.5 Å². The molecule has 2 aromatic carbocycles. The monoisotopic (exact) mass is 428 g/mol. The van der Waals surface area contributed by atoms with Gasteiger partial charge < -0.3 is 24.8 Å². The first-order valence-electron chi connectivity index (χ1n) is 10.8. The maximum absolute atomic E-state index is 13.4. The number of β-amino-alcohol motifs (C(OH)–C–C–N with tert-alkyl or cyclic N) is 1. The summed E-state index contributed by atoms with van der Waals surface area (Å²) >= 11 is 0. The van der Waals surface area contributed by atoms with Crippen molar-refractivity contribution in [1.29, 1.82) is 0 Å². The van der Waals surface area contributed by atoms with Crippen LogP contribution >= 0.6 is 0 Å². The van der Waals surface area contributed by atoms with Crippen molar-refractivity contribution in [1.82, 2.24) is 10.2 Å². The Hall–Kier alpha value is -2.64. The molecule has 2 aliphatic heterocycles. The number of nitrogens with one attached hydrogen (secondary N) is 1. The maximum Gasteiger partial charge on any atom is 0.217 e. The van der Waals surface area contributed by atoms with Crippen LogP contribution in [0.15, 0.2) is 42.5 Å². The summed E-state index contributed by atoms with van der Waals surface area (Å²) < 4.78 is 24.8. The van der Waals surface area contributed by atoms with Crippen molar-refractivity contribution in [3.05, 3.63) is 59.4 Å². The van der Waals surface area contributed by atoms with Gasteiger partial charge in [-0.05, 0) is 48.2 Å². The molecule has 166 valence electrons. The Morgan fingerprint density at radius 1 is 1.13 bits per heavy atom. The van der Waals surface area contributed by atoms with Crippen LogP contribution in [0.3, 0.4) is 0 Å². The highest BCUT2D eigenvalue weighted by Crippen LogP contribution is 2.35. The van der Waals surface area contributed by atoms with E-state index in [2.05, 4.69) is 10.2 Å². The molecule has 0 saturated carbocycles. The summed E-state index contributed by atoms with van der Waals surface area (Å²) in [6.45, 7) is 4.64. The van der Waals surface area contributed by atoms with Crippen molar-refractivity contribution in [2.45, 2.75) is 37.8 Å². The minimum Gasteiger partial charge on any atom is -0.490 e. The largest absolute Gasteiger partial charge is 0.490 e. The van der Waals surface area contributed by atoms with Crippen LogP contribution in [0.5, 0.6) is 11.5 Å². The second-order valence-electron chi connectivity index (χ2n) is 8.34. The topological polar surface area (TPSA) is 71.0 Å². The van der Waals surface area contributed by atoms with Crippen LogP contribution < -0.4 is 14.8 Å². The molecule has 4 rings (SSSR count). The number of aliphatic hydroxyl groups excluding tert-OH is 1. The average Bonchev–Trinajstić information content (AvgIpc) is 3.00. The molecular weight excluding hydrogens is 399 g/mol. The van der Waals surface area contributed by atoms with E-state index in [4.69, 9.17) is 9.47 Å². The second-order valence-corrected chi connectivity index (χ2v) is 8.34. The van der Waals surface area contributed by atoms with Crippen molar-refractivity contribution in [2.75, 3.05) is 32.8 Å². The molecule has 7 heteroatoms. The number of hydrogen-bond donors (Lipinski definition) is 2. The van der Waals surface area contributed by atoms with E-state index in [-0.39, 0.29) is 11.7 Å². The summed E-state index contributed by atoms with van der Waals surface area (Å²) in [4.78, 5) is 14.1. The Balaban J connectivity index is 1.42. The van der Waals surface area contributed by atoms with E-state index in [0.29, 0.717) is 57.2 Å². The summed E-state index contributed by atoms with van der Waals surface area (Å²) in [5.74, 6) is 0.988. The molecule has 1 atom stereocenters. The number of carbonyl (C=O) groups excluding carboxylic acids is 1. The fraction of sp³-hybridized carbons (Fsp3) is 0.458. The molecule has 2 aliphatic rings. The molecule has 0 radical (unpaired) electrons. The molecule has 1 unspecified atom stereocenters. The van der Waals surface area contributed by atoms with Gasteiger partial charge in [-0.1, -0.05) is 18.2 Å². The Labute approximate surface area is 182 Å². The van der Waals surface area contributed by atoms with Gasteiger partial charge in [0.05, 0.1) is 24.9 Å². The molecule has 0 aromatic heterocycles. The highest BCUT2D eigenvalue weighted by atomic mass is 19.1. The number of carbonyl (C=O) groups is 1. The molecule has 0 bridgehead atoms. The van der Waals surface area contributed by atoms with Crippen LogP contribution in [0.2, 0.25) is 0 Å². The van der Waals surface area contributed by atoms with E-state index >= 15 is 0 Å². The first-order chi connectivity index (χ1) is 14.9. The first-order valence-corrected chi connectivity index (χ1v) is 10.8. The van der Waals surface area contributed by atoms with Crippen molar-refractivity contribution in [2.24, 2.45) is 0 Å². The number of piperidine rings is 1. The lowest BCUT2D eigenvalue weighted by Gasteiger charge is -2.43. The van der Waals surface area contributed by atoms with Crippen LogP contribution in [0, 0.1) is 5.82 Å². The zero-order valence-electron chi connectivity index (χ0n) is 17.8. The van der Waals surface area contributed by atoms with Gasteiger partial charge in [0.1, 0.15) is 5.82 Å². The van der Waals surface area contributed by atoms with Gasteiger partial charge in [-0.3, -0.25) is 4.79 Å². The quantitative estimate of drug-likeness (QED) is 0.766. The van der Waals surface area contributed by atoms with Gasteiger partial charge in [0.25, 0.3) is 0 Å². The van der Waals surface area contributed by atoms with Gasteiger partial charge in [-0.15, -0.1) is 0 Å². The molecule has 31 heavy (non-hydrogen) atoms. The Bertz CT molecular complexity index is 910. The number of benzene rings is 2. The second kappa shape index (κ2) is 9.24.